The SMILES string of the molecule is O=C1O[B-]2(OC(=O)[C@H](c3ccccc3)O2)O[C@H]1c1ccccc1. The minimum atomic E-state index is -2.87. The van der Waals surface area contributed by atoms with Gasteiger partial charge in [-0.1, -0.05) is 60.7 Å². The Balaban J connectivity index is 1.59. The normalized spacial score (nSPS) is 25.4. The first-order valence-corrected chi connectivity index (χ1v) is 7.21. The Hall–Kier alpha value is -2.64. The van der Waals surface area contributed by atoms with Crippen LogP contribution in [0.15, 0.2) is 60.7 Å². The summed E-state index contributed by atoms with van der Waals surface area (Å²) in [7, 11) is 0. The molecule has 4 rings (SSSR count). The van der Waals surface area contributed by atoms with E-state index in [4.69, 9.17) is 18.6 Å². The molecule has 0 aromatic heterocycles. The number of rotatable bonds is 2. The van der Waals surface area contributed by atoms with Crippen molar-refractivity contribution in [2.45, 2.75) is 12.2 Å². The summed E-state index contributed by atoms with van der Waals surface area (Å²) in [5, 5.41) is 0. The van der Waals surface area contributed by atoms with Gasteiger partial charge in [-0.2, -0.15) is 0 Å². The highest BCUT2D eigenvalue weighted by molar-refractivity contribution is 6.61. The highest BCUT2D eigenvalue weighted by Gasteiger charge is 2.57. The van der Waals surface area contributed by atoms with Crippen LogP contribution in [0.4, 0.5) is 0 Å². The Kier molecular flexibility index (Phi) is 3.18. The molecule has 0 amide bonds. The molecule has 2 heterocycles. The summed E-state index contributed by atoms with van der Waals surface area (Å²) in [4.78, 5) is 24.2. The molecule has 2 fully saturated rings. The molecule has 0 bridgehead atoms. The summed E-state index contributed by atoms with van der Waals surface area (Å²) in [6, 6.07) is 17.7. The van der Waals surface area contributed by atoms with Crippen LogP contribution in [-0.2, 0) is 28.2 Å². The van der Waals surface area contributed by atoms with E-state index in [0.29, 0.717) is 11.1 Å². The number of carbonyl (C=O) groups excluding carboxylic acids is 2. The van der Waals surface area contributed by atoms with Crippen molar-refractivity contribution in [2.24, 2.45) is 0 Å². The third-order valence-corrected chi connectivity index (χ3v) is 3.76. The Bertz CT molecular complexity index is 682. The van der Waals surface area contributed by atoms with Crippen molar-refractivity contribution in [1.29, 1.82) is 0 Å². The van der Waals surface area contributed by atoms with Crippen molar-refractivity contribution in [3.8, 4) is 0 Å². The topological polar surface area (TPSA) is 71.1 Å². The molecule has 2 aromatic rings. The molecule has 0 saturated carbocycles. The van der Waals surface area contributed by atoms with E-state index in [-0.39, 0.29) is 0 Å². The highest BCUT2D eigenvalue weighted by Crippen LogP contribution is 2.41. The number of hydrogen-bond donors (Lipinski definition) is 0. The maximum absolute atomic E-state index is 12.1. The van der Waals surface area contributed by atoms with E-state index in [0.717, 1.165) is 0 Å². The third-order valence-electron chi connectivity index (χ3n) is 3.76. The van der Waals surface area contributed by atoms with Gasteiger partial charge in [0.1, 0.15) is 12.2 Å². The molecule has 2 aromatic carbocycles. The summed E-state index contributed by atoms with van der Waals surface area (Å²) < 4.78 is 21.4. The van der Waals surface area contributed by atoms with Gasteiger partial charge in [0.05, 0.1) is 0 Å². The van der Waals surface area contributed by atoms with Crippen LogP contribution in [-0.4, -0.2) is 18.9 Å². The number of hydrogen-bond acceptors (Lipinski definition) is 6. The van der Waals surface area contributed by atoms with Crippen molar-refractivity contribution < 1.29 is 28.2 Å². The molecular formula is C16H12BO6-. The van der Waals surface area contributed by atoms with E-state index in [1.54, 1.807) is 48.5 Å². The van der Waals surface area contributed by atoms with E-state index >= 15 is 0 Å². The largest absolute Gasteiger partial charge is 0.657 e. The fourth-order valence-corrected chi connectivity index (χ4v) is 2.70. The molecule has 2 aliphatic heterocycles. The van der Waals surface area contributed by atoms with Crippen molar-refractivity contribution in [3.63, 3.8) is 0 Å². The Morgan fingerprint density at radius 3 is 1.43 bits per heavy atom. The molecule has 2 aliphatic rings. The van der Waals surface area contributed by atoms with Crippen LogP contribution in [0.3, 0.4) is 0 Å². The first kappa shape index (κ1) is 14.0. The third kappa shape index (κ3) is 2.40. The highest BCUT2D eigenvalue weighted by atomic mass is 16.9. The summed E-state index contributed by atoms with van der Waals surface area (Å²) in [6.45, 7) is -2.87. The van der Waals surface area contributed by atoms with Gasteiger partial charge >= 0.3 is 6.96 Å². The molecule has 0 N–H and O–H groups in total. The van der Waals surface area contributed by atoms with E-state index < -0.39 is 31.1 Å². The molecule has 2 saturated heterocycles. The molecule has 7 heteroatoms. The lowest BCUT2D eigenvalue weighted by Crippen LogP contribution is -2.39. The van der Waals surface area contributed by atoms with Crippen LogP contribution in [0.25, 0.3) is 0 Å². The molecule has 0 aliphatic carbocycles. The lowest BCUT2D eigenvalue weighted by Gasteiger charge is -2.26. The zero-order chi connectivity index (χ0) is 15.9. The van der Waals surface area contributed by atoms with Gasteiger partial charge in [-0.25, -0.2) is 0 Å². The van der Waals surface area contributed by atoms with Crippen LogP contribution < -0.4 is 0 Å². The first-order chi connectivity index (χ1) is 11.2. The molecular weight excluding hydrogens is 299 g/mol. The summed E-state index contributed by atoms with van der Waals surface area (Å²) in [5.41, 5.74) is 1.22. The molecule has 1 spiro atoms. The maximum atomic E-state index is 12.1. The van der Waals surface area contributed by atoms with Crippen molar-refractivity contribution >= 4 is 18.9 Å². The van der Waals surface area contributed by atoms with Crippen LogP contribution in [0, 0.1) is 0 Å². The second-order valence-corrected chi connectivity index (χ2v) is 5.30. The minimum Gasteiger partial charge on any atom is -0.606 e. The molecule has 23 heavy (non-hydrogen) atoms. The van der Waals surface area contributed by atoms with E-state index in [1.807, 2.05) is 12.1 Å². The number of carbonyl (C=O) groups is 2. The Morgan fingerprint density at radius 2 is 1.04 bits per heavy atom. The van der Waals surface area contributed by atoms with E-state index in [2.05, 4.69) is 0 Å². The van der Waals surface area contributed by atoms with E-state index in [9.17, 15) is 9.59 Å². The van der Waals surface area contributed by atoms with Crippen LogP contribution in [0.5, 0.6) is 0 Å². The predicted molar refractivity (Wildman–Crippen MR) is 78.5 cm³/mol. The molecule has 6 nitrogen and oxygen atoms in total. The second-order valence-electron chi connectivity index (χ2n) is 5.30. The fraction of sp³-hybridized carbons (Fsp3) is 0.125. The summed E-state index contributed by atoms with van der Waals surface area (Å²) in [5.74, 6) is -1.28. The predicted octanol–water partition coefficient (Wildman–Crippen LogP) is 2.05. The standard InChI is InChI=1S/C16H12BO6/c18-15-13(11-7-3-1-4-8-11)20-17(22-15)21-14(16(19)23-17)12-9-5-2-6-10-12/h1-10,13-14H/q-1/t13-,14-,17?/m0/s1. The van der Waals surface area contributed by atoms with Crippen LogP contribution in [0.2, 0.25) is 0 Å². The number of benzene rings is 2. The zero-order valence-electron chi connectivity index (χ0n) is 12.0. The maximum Gasteiger partial charge on any atom is 0.657 e. The molecule has 0 unspecified atom stereocenters. The monoisotopic (exact) mass is 311 g/mol. The Labute approximate surface area is 132 Å². The summed E-state index contributed by atoms with van der Waals surface area (Å²) >= 11 is 0. The van der Waals surface area contributed by atoms with Gasteiger partial charge in [-0.15, -0.1) is 0 Å². The first-order valence-electron chi connectivity index (χ1n) is 7.21. The van der Waals surface area contributed by atoms with Gasteiger partial charge in [0.25, 0.3) is 11.9 Å². The van der Waals surface area contributed by atoms with E-state index in [1.165, 1.54) is 0 Å². The van der Waals surface area contributed by atoms with Gasteiger partial charge in [-0.3, -0.25) is 9.59 Å². The van der Waals surface area contributed by atoms with Crippen molar-refractivity contribution in [3.05, 3.63) is 71.8 Å². The lowest BCUT2D eigenvalue weighted by atomic mass is 10.1. The van der Waals surface area contributed by atoms with Gasteiger partial charge < -0.3 is 18.6 Å². The quantitative estimate of drug-likeness (QED) is 0.791. The fourth-order valence-electron chi connectivity index (χ4n) is 2.70. The summed E-state index contributed by atoms with van der Waals surface area (Å²) in [6.07, 6.45) is -1.95. The smallest absolute Gasteiger partial charge is 0.606 e. The van der Waals surface area contributed by atoms with Crippen LogP contribution in [0.1, 0.15) is 23.3 Å². The molecule has 0 radical (unpaired) electrons. The Morgan fingerprint density at radius 1 is 0.652 bits per heavy atom. The van der Waals surface area contributed by atoms with Crippen molar-refractivity contribution in [1.82, 2.24) is 0 Å². The van der Waals surface area contributed by atoms with Gasteiger partial charge in [0.2, 0.25) is 0 Å². The average Bonchev–Trinajstić information content (AvgIpc) is 3.07. The van der Waals surface area contributed by atoms with Gasteiger partial charge in [-0.05, 0) is 11.1 Å². The van der Waals surface area contributed by atoms with Crippen LogP contribution >= 0.6 is 0 Å². The van der Waals surface area contributed by atoms with Gasteiger partial charge in [0, 0.05) is 0 Å². The minimum absolute atomic E-state index is 0.610. The lowest BCUT2D eigenvalue weighted by molar-refractivity contribution is -0.138. The second kappa shape index (κ2) is 5.22. The average molecular weight is 311 g/mol. The molecule has 116 valence electrons. The zero-order valence-corrected chi connectivity index (χ0v) is 12.0. The van der Waals surface area contributed by atoms with Gasteiger partial charge in [0.15, 0.2) is 0 Å². The molecule has 2 atom stereocenters. The van der Waals surface area contributed by atoms with Crippen molar-refractivity contribution in [2.75, 3.05) is 0 Å².